The van der Waals surface area contributed by atoms with E-state index in [-0.39, 0.29) is 11.2 Å². The van der Waals surface area contributed by atoms with Crippen LogP contribution in [0.4, 0.5) is 14.5 Å². The third kappa shape index (κ3) is 2.68. The molecule has 1 N–H and O–H groups in total. The van der Waals surface area contributed by atoms with E-state index in [0.29, 0.717) is 5.17 Å². The van der Waals surface area contributed by atoms with Crippen LogP contribution < -0.4 is 5.32 Å². The van der Waals surface area contributed by atoms with E-state index in [1.54, 1.807) is 11.8 Å². The summed E-state index contributed by atoms with van der Waals surface area (Å²) in [4.78, 5) is 4.76. The largest absolute Gasteiger partial charge is 0.332 e. The van der Waals surface area contributed by atoms with Gasteiger partial charge in [-0.15, -0.1) is 0 Å². The van der Waals surface area contributed by atoms with Gasteiger partial charge < -0.3 is 5.32 Å². The van der Waals surface area contributed by atoms with Gasteiger partial charge in [-0.25, -0.2) is 8.78 Å². The summed E-state index contributed by atoms with van der Waals surface area (Å²) in [5.74, 6) is 0.0474. The topological polar surface area (TPSA) is 24.4 Å². The first-order valence-corrected chi connectivity index (χ1v) is 8.00. The second-order valence-electron chi connectivity index (χ2n) is 5.84. The normalized spacial score (nSPS) is 29.6. The maximum absolute atomic E-state index is 13.6. The molecule has 1 spiro atoms. The number of nitrogens with zero attached hydrogens (tertiary/aromatic N) is 1. The van der Waals surface area contributed by atoms with Crippen molar-refractivity contribution >= 4 is 22.6 Å². The second-order valence-corrected chi connectivity index (χ2v) is 6.80. The van der Waals surface area contributed by atoms with Gasteiger partial charge in [0.2, 0.25) is 0 Å². The third-order valence-electron chi connectivity index (χ3n) is 4.21. The van der Waals surface area contributed by atoms with Crippen LogP contribution in [-0.2, 0) is 0 Å². The third-order valence-corrected chi connectivity index (χ3v) is 5.36. The Morgan fingerprint density at radius 1 is 1.30 bits per heavy atom. The summed E-state index contributed by atoms with van der Waals surface area (Å²) in [5.41, 5.74) is 0.182. The number of halogens is 2. The smallest absolute Gasteiger partial charge is 0.182 e. The highest BCUT2D eigenvalue weighted by atomic mass is 32.2. The van der Waals surface area contributed by atoms with Gasteiger partial charge >= 0.3 is 0 Å². The van der Waals surface area contributed by atoms with Crippen LogP contribution in [0.25, 0.3) is 0 Å². The van der Waals surface area contributed by atoms with Crippen molar-refractivity contribution in [2.45, 2.75) is 38.1 Å². The first kappa shape index (κ1) is 13.9. The molecule has 0 bridgehead atoms. The van der Waals surface area contributed by atoms with E-state index in [0.717, 1.165) is 30.6 Å². The molecule has 20 heavy (non-hydrogen) atoms. The fourth-order valence-corrected chi connectivity index (χ4v) is 4.02. The van der Waals surface area contributed by atoms with Crippen LogP contribution in [0.3, 0.4) is 0 Å². The van der Waals surface area contributed by atoms with E-state index in [1.807, 2.05) is 0 Å². The molecule has 0 unspecified atom stereocenters. The molecule has 0 saturated heterocycles. The number of aliphatic imine (C=N–C) groups is 1. The van der Waals surface area contributed by atoms with Crippen molar-refractivity contribution in [1.29, 1.82) is 0 Å². The van der Waals surface area contributed by atoms with E-state index in [1.165, 1.54) is 25.0 Å². The van der Waals surface area contributed by atoms with E-state index in [9.17, 15) is 8.78 Å². The summed E-state index contributed by atoms with van der Waals surface area (Å²) in [6, 6.07) is 4.16. The maximum atomic E-state index is 13.6. The Bertz CT molecular complexity index is 537. The van der Waals surface area contributed by atoms with E-state index in [4.69, 9.17) is 4.99 Å². The summed E-state index contributed by atoms with van der Waals surface area (Å²) in [7, 11) is 0. The van der Waals surface area contributed by atoms with Crippen molar-refractivity contribution in [3.05, 3.63) is 29.8 Å². The van der Waals surface area contributed by atoms with E-state index >= 15 is 0 Å². The standard InChI is InChI=1S/C15H18F2N2S/c1-10-5-7-15(8-6-10)9-20-14(19-15)18-12-4-2-3-11(16)13(12)17/h2-4,10H,5-9H2,1H3,(H,18,19). The van der Waals surface area contributed by atoms with Crippen molar-refractivity contribution in [1.82, 2.24) is 0 Å². The van der Waals surface area contributed by atoms with Crippen molar-refractivity contribution in [2.24, 2.45) is 10.9 Å². The number of nitrogens with one attached hydrogen (secondary N) is 1. The minimum atomic E-state index is -0.839. The SMILES string of the molecule is CC1CCC2(CC1)CSC(Nc1cccc(F)c1F)=N2. The molecule has 1 aliphatic heterocycles. The molecule has 0 radical (unpaired) electrons. The van der Waals surface area contributed by atoms with Gasteiger partial charge in [-0.05, 0) is 43.7 Å². The number of benzene rings is 1. The Morgan fingerprint density at radius 2 is 2.05 bits per heavy atom. The van der Waals surface area contributed by atoms with Gasteiger partial charge in [0.25, 0.3) is 0 Å². The molecule has 2 nitrogen and oxygen atoms in total. The Balaban J connectivity index is 1.74. The molecule has 0 atom stereocenters. The monoisotopic (exact) mass is 296 g/mol. The minimum absolute atomic E-state index is 0.0172. The van der Waals surface area contributed by atoms with Gasteiger partial charge in [0.15, 0.2) is 16.8 Å². The first-order chi connectivity index (χ1) is 9.58. The van der Waals surface area contributed by atoms with Gasteiger partial charge in [-0.1, -0.05) is 24.8 Å². The second kappa shape index (κ2) is 5.35. The average Bonchev–Trinajstić information content (AvgIpc) is 2.82. The van der Waals surface area contributed by atoms with Crippen LogP contribution >= 0.6 is 11.8 Å². The zero-order chi connectivity index (χ0) is 14.2. The van der Waals surface area contributed by atoms with Crippen molar-refractivity contribution < 1.29 is 8.78 Å². The van der Waals surface area contributed by atoms with E-state index in [2.05, 4.69) is 12.2 Å². The number of anilines is 1. The summed E-state index contributed by atoms with van der Waals surface area (Å²) < 4.78 is 26.8. The van der Waals surface area contributed by atoms with Gasteiger partial charge in [0.1, 0.15) is 0 Å². The molecule has 108 valence electrons. The molecule has 2 aliphatic rings. The summed E-state index contributed by atoms with van der Waals surface area (Å²) in [5, 5.41) is 3.64. The van der Waals surface area contributed by atoms with Crippen molar-refractivity contribution in [3.63, 3.8) is 0 Å². The van der Waals surface area contributed by atoms with Gasteiger partial charge in [0, 0.05) is 5.75 Å². The first-order valence-electron chi connectivity index (χ1n) is 7.02. The Hall–Kier alpha value is -1.10. The Labute approximate surface area is 122 Å². The number of rotatable bonds is 1. The van der Waals surface area contributed by atoms with Crippen molar-refractivity contribution in [3.8, 4) is 0 Å². The zero-order valence-electron chi connectivity index (χ0n) is 11.5. The molecule has 3 rings (SSSR count). The van der Waals surface area contributed by atoms with Gasteiger partial charge in [-0.2, -0.15) is 0 Å². The average molecular weight is 296 g/mol. The predicted molar refractivity (Wildman–Crippen MR) is 80.2 cm³/mol. The molecule has 1 aliphatic carbocycles. The quantitative estimate of drug-likeness (QED) is 0.829. The van der Waals surface area contributed by atoms with Gasteiger partial charge in [0.05, 0.1) is 11.2 Å². The fourth-order valence-electron chi connectivity index (χ4n) is 2.82. The maximum Gasteiger partial charge on any atom is 0.182 e. The molecule has 1 aromatic carbocycles. The summed E-state index contributed by atoms with van der Waals surface area (Å²) in [6.45, 7) is 2.28. The summed E-state index contributed by atoms with van der Waals surface area (Å²) in [6.07, 6.45) is 4.59. The molecule has 5 heteroatoms. The highest BCUT2D eigenvalue weighted by Gasteiger charge is 2.38. The van der Waals surface area contributed by atoms with Gasteiger partial charge in [-0.3, -0.25) is 4.99 Å². The van der Waals surface area contributed by atoms with E-state index < -0.39 is 11.6 Å². The molecule has 1 heterocycles. The highest BCUT2D eigenvalue weighted by Crippen LogP contribution is 2.41. The van der Waals surface area contributed by atoms with Crippen LogP contribution in [0, 0.1) is 17.6 Å². The lowest BCUT2D eigenvalue weighted by Crippen LogP contribution is -2.32. The van der Waals surface area contributed by atoms with Crippen LogP contribution in [0.5, 0.6) is 0 Å². The van der Waals surface area contributed by atoms with Crippen LogP contribution in [0.1, 0.15) is 32.6 Å². The predicted octanol–water partition coefficient (Wildman–Crippen LogP) is 4.43. The molecule has 1 aromatic rings. The lowest BCUT2D eigenvalue weighted by molar-refractivity contribution is 0.273. The molecule has 0 aromatic heterocycles. The van der Waals surface area contributed by atoms with Crippen molar-refractivity contribution in [2.75, 3.05) is 11.1 Å². The van der Waals surface area contributed by atoms with Crippen LogP contribution in [0.15, 0.2) is 23.2 Å². The molecule has 0 amide bonds. The lowest BCUT2D eigenvalue weighted by atomic mass is 9.79. The number of thioether (sulfide) groups is 1. The zero-order valence-corrected chi connectivity index (χ0v) is 12.3. The highest BCUT2D eigenvalue weighted by molar-refractivity contribution is 8.14. The number of hydrogen-bond donors (Lipinski definition) is 1. The van der Waals surface area contributed by atoms with Crippen LogP contribution in [0.2, 0.25) is 0 Å². The number of hydrogen-bond acceptors (Lipinski definition) is 3. The molecule has 1 saturated carbocycles. The molecule has 1 fully saturated rings. The molecular weight excluding hydrogens is 278 g/mol. The summed E-state index contributed by atoms with van der Waals surface area (Å²) >= 11 is 1.61. The Morgan fingerprint density at radius 3 is 2.80 bits per heavy atom. The number of amidine groups is 1. The van der Waals surface area contributed by atoms with Crippen LogP contribution in [-0.4, -0.2) is 16.5 Å². The fraction of sp³-hybridized carbons (Fsp3) is 0.533. The lowest BCUT2D eigenvalue weighted by Gasteiger charge is -2.32. The molecular formula is C15H18F2N2S. The Kier molecular flexibility index (Phi) is 3.71. The minimum Gasteiger partial charge on any atom is -0.332 e.